The third kappa shape index (κ3) is 9.12. The third-order valence-corrected chi connectivity index (χ3v) is 4.61. The van der Waals surface area contributed by atoms with E-state index in [2.05, 4.69) is 33.8 Å². The Kier molecular flexibility index (Phi) is 12.4. The predicted molar refractivity (Wildman–Crippen MR) is 120 cm³/mol. The Bertz CT molecular complexity index is 563. The Morgan fingerprint density at radius 3 is 2.74 bits per heavy atom. The summed E-state index contributed by atoms with van der Waals surface area (Å²) in [6.07, 6.45) is 3.21. The number of halogens is 1. The van der Waals surface area contributed by atoms with Gasteiger partial charge in [-0.05, 0) is 49.3 Å². The first-order valence-electron chi connectivity index (χ1n) is 9.46. The van der Waals surface area contributed by atoms with Crippen molar-refractivity contribution in [2.45, 2.75) is 32.7 Å². The smallest absolute Gasteiger partial charge is 0.191 e. The van der Waals surface area contributed by atoms with Crippen LogP contribution in [0, 0.1) is 12.8 Å². The molecule has 0 radical (unpaired) electrons. The molecule has 0 aliphatic carbocycles. The number of methoxy groups -OCH3 is 1. The zero-order valence-electron chi connectivity index (χ0n) is 16.8. The fourth-order valence-electron chi connectivity index (χ4n) is 2.92. The van der Waals surface area contributed by atoms with Gasteiger partial charge in [0.15, 0.2) is 5.96 Å². The summed E-state index contributed by atoms with van der Waals surface area (Å²) in [5.74, 6) is 2.38. The number of guanidine groups is 1. The summed E-state index contributed by atoms with van der Waals surface area (Å²) in [5.41, 5.74) is 2.30. The monoisotopic (exact) mass is 491 g/mol. The lowest BCUT2D eigenvalue weighted by molar-refractivity contribution is 0.0203. The maximum Gasteiger partial charge on any atom is 0.191 e. The first-order valence-corrected chi connectivity index (χ1v) is 9.46. The van der Waals surface area contributed by atoms with Crippen LogP contribution in [0.25, 0.3) is 0 Å². The second kappa shape index (κ2) is 14.0. The van der Waals surface area contributed by atoms with Crippen LogP contribution in [-0.2, 0) is 16.0 Å². The van der Waals surface area contributed by atoms with E-state index in [1.54, 1.807) is 14.2 Å². The van der Waals surface area contributed by atoms with Crippen molar-refractivity contribution >= 4 is 29.9 Å². The SMILES string of the molecule is CN=C(NCCCOCC1CCOCC1)NCc1ccc(C)c(OC)c1.I. The molecule has 0 bridgehead atoms. The molecule has 0 amide bonds. The fourth-order valence-corrected chi connectivity index (χ4v) is 2.92. The molecule has 1 aliphatic rings. The van der Waals surface area contributed by atoms with Gasteiger partial charge in [0.25, 0.3) is 0 Å². The Morgan fingerprint density at radius 2 is 2.04 bits per heavy atom. The Balaban J connectivity index is 0.00000364. The first-order chi connectivity index (χ1) is 12.7. The maximum absolute atomic E-state index is 5.78. The van der Waals surface area contributed by atoms with Crippen LogP contribution in [0.2, 0.25) is 0 Å². The van der Waals surface area contributed by atoms with Crippen molar-refractivity contribution < 1.29 is 14.2 Å². The summed E-state index contributed by atoms with van der Waals surface area (Å²) in [6, 6.07) is 6.23. The molecule has 6 nitrogen and oxygen atoms in total. The van der Waals surface area contributed by atoms with Gasteiger partial charge in [-0.15, -0.1) is 24.0 Å². The molecule has 1 aromatic carbocycles. The number of rotatable bonds is 9. The van der Waals surface area contributed by atoms with Gasteiger partial charge in [-0.2, -0.15) is 0 Å². The van der Waals surface area contributed by atoms with Crippen molar-refractivity contribution in [2.24, 2.45) is 10.9 Å². The summed E-state index contributed by atoms with van der Waals surface area (Å²) in [5, 5.41) is 6.65. The molecule has 1 aromatic rings. The van der Waals surface area contributed by atoms with Gasteiger partial charge < -0.3 is 24.8 Å². The van der Waals surface area contributed by atoms with Crippen molar-refractivity contribution in [1.29, 1.82) is 0 Å². The molecule has 7 heteroatoms. The summed E-state index contributed by atoms with van der Waals surface area (Å²) in [4.78, 5) is 4.26. The molecular formula is C20H34IN3O3. The zero-order chi connectivity index (χ0) is 18.6. The minimum atomic E-state index is 0. The highest BCUT2D eigenvalue weighted by Gasteiger charge is 2.13. The lowest BCUT2D eigenvalue weighted by Crippen LogP contribution is -2.37. The number of aryl methyl sites for hydroxylation is 1. The summed E-state index contributed by atoms with van der Waals surface area (Å²) in [7, 11) is 3.48. The quantitative estimate of drug-likeness (QED) is 0.241. The Hall–Kier alpha value is -1.06. The number of benzene rings is 1. The second-order valence-corrected chi connectivity index (χ2v) is 6.64. The average Bonchev–Trinajstić information content (AvgIpc) is 2.68. The van der Waals surface area contributed by atoms with E-state index in [4.69, 9.17) is 14.2 Å². The van der Waals surface area contributed by atoms with Gasteiger partial charge in [0.05, 0.1) is 7.11 Å². The van der Waals surface area contributed by atoms with Crippen LogP contribution >= 0.6 is 24.0 Å². The molecule has 2 N–H and O–H groups in total. The molecule has 0 aromatic heterocycles. The van der Waals surface area contributed by atoms with Crippen molar-refractivity contribution in [2.75, 3.05) is 47.1 Å². The molecule has 1 aliphatic heterocycles. The molecule has 1 heterocycles. The topological polar surface area (TPSA) is 64.1 Å². The number of ether oxygens (including phenoxy) is 3. The normalized spacial score (nSPS) is 15.1. The number of nitrogens with one attached hydrogen (secondary N) is 2. The lowest BCUT2D eigenvalue weighted by Gasteiger charge is -2.21. The van der Waals surface area contributed by atoms with Gasteiger partial charge in [0.2, 0.25) is 0 Å². The van der Waals surface area contributed by atoms with Crippen LogP contribution in [0.4, 0.5) is 0 Å². The molecule has 1 fully saturated rings. The predicted octanol–water partition coefficient (Wildman–Crippen LogP) is 3.12. The fraction of sp³-hybridized carbons (Fsp3) is 0.650. The van der Waals surface area contributed by atoms with Gasteiger partial charge in [-0.3, -0.25) is 4.99 Å². The Morgan fingerprint density at radius 1 is 1.26 bits per heavy atom. The maximum atomic E-state index is 5.78. The number of hydrogen-bond acceptors (Lipinski definition) is 4. The van der Waals surface area contributed by atoms with Crippen molar-refractivity contribution in [3.05, 3.63) is 29.3 Å². The largest absolute Gasteiger partial charge is 0.496 e. The zero-order valence-corrected chi connectivity index (χ0v) is 19.1. The third-order valence-electron chi connectivity index (χ3n) is 4.61. The van der Waals surface area contributed by atoms with E-state index in [-0.39, 0.29) is 24.0 Å². The van der Waals surface area contributed by atoms with Crippen molar-refractivity contribution in [3.8, 4) is 5.75 Å². The van der Waals surface area contributed by atoms with Crippen molar-refractivity contribution in [3.63, 3.8) is 0 Å². The highest BCUT2D eigenvalue weighted by Crippen LogP contribution is 2.18. The highest BCUT2D eigenvalue weighted by atomic mass is 127. The van der Waals surface area contributed by atoms with E-state index >= 15 is 0 Å². The van der Waals surface area contributed by atoms with Gasteiger partial charge in [-0.1, -0.05) is 12.1 Å². The van der Waals surface area contributed by atoms with Crippen LogP contribution < -0.4 is 15.4 Å². The minimum Gasteiger partial charge on any atom is -0.496 e. The number of aliphatic imine (C=N–C) groups is 1. The minimum absolute atomic E-state index is 0. The molecule has 0 atom stereocenters. The molecular weight excluding hydrogens is 457 g/mol. The van der Waals surface area contributed by atoms with Gasteiger partial charge >= 0.3 is 0 Å². The molecule has 0 unspecified atom stereocenters. The van der Waals surface area contributed by atoms with Crippen LogP contribution in [0.15, 0.2) is 23.2 Å². The van der Waals surface area contributed by atoms with E-state index in [1.807, 2.05) is 6.92 Å². The summed E-state index contributed by atoms with van der Waals surface area (Å²) >= 11 is 0. The molecule has 0 spiro atoms. The molecule has 2 rings (SSSR count). The Labute approximate surface area is 180 Å². The molecule has 27 heavy (non-hydrogen) atoms. The van der Waals surface area contributed by atoms with Crippen molar-refractivity contribution in [1.82, 2.24) is 10.6 Å². The van der Waals surface area contributed by atoms with E-state index < -0.39 is 0 Å². The number of nitrogens with zero attached hydrogens (tertiary/aromatic N) is 1. The van der Waals surface area contributed by atoms with Crippen LogP contribution in [0.3, 0.4) is 0 Å². The number of hydrogen-bond donors (Lipinski definition) is 2. The van der Waals surface area contributed by atoms with E-state index in [9.17, 15) is 0 Å². The van der Waals surface area contributed by atoms with Crippen LogP contribution in [0.1, 0.15) is 30.4 Å². The molecule has 154 valence electrons. The highest BCUT2D eigenvalue weighted by molar-refractivity contribution is 14.0. The van der Waals surface area contributed by atoms with Gasteiger partial charge in [0, 0.05) is 46.6 Å². The standard InChI is InChI=1S/C20H33N3O3.HI/c1-16-5-6-18(13-19(16)24-3)14-23-20(21-2)22-9-4-10-26-15-17-7-11-25-12-8-17;/h5-6,13,17H,4,7-12,14-15H2,1-3H3,(H2,21,22,23);1H. The average molecular weight is 491 g/mol. The van der Waals surface area contributed by atoms with E-state index in [0.29, 0.717) is 12.5 Å². The van der Waals surface area contributed by atoms with E-state index in [0.717, 1.165) is 75.1 Å². The van der Waals surface area contributed by atoms with E-state index in [1.165, 1.54) is 0 Å². The summed E-state index contributed by atoms with van der Waals surface area (Å²) in [6.45, 7) is 6.97. The van der Waals surface area contributed by atoms with Crippen LogP contribution in [-0.4, -0.2) is 53.1 Å². The second-order valence-electron chi connectivity index (χ2n) is 6.64. The van der Waals surface area contributed by atoms with Crippen LogP contribution in [0.5, 0.6) is 5.75 Å². The first kappa shape index (κ1) is 24.0. The molecule has 0 saturated carbocycles. The van der Waals surface area contributed by atoms with Gasteiger partial charge in [0.1, 0.15) is 5.75 Å². The summed E-state index contributed by atoms with van der Waals surface area (Å²) < 4.78 is 16.5. The van der Waals surface area contributed by atoms with Gasteiger partial charge in [-0.25, -0.2) is 0 Å². The lowest BCUT2D eigenvalue weighted by atomic mass is 10.0. The molecule has 1 saturated heterocycles.